The Morgan fingerprint density at radius 2 is 2.04 bits per heavy atom. The summed E-state index contributed by atoms with van der Waals surface area (Å²) in [6, 6.07) is 2.69. The van der Waals surface area contributed by atoms with E-state index in [1.54, 1.807) is 12.1 Å². The number of aromatic nitrogens is 2. The quantitative estimate of drug-likeness (QED) is 0.836. The van der Waals surface area contributed by atoms with E-state index < -0.39 is 16.1 Å². The predicted octanol–water partition coefficient (Wildman–Crippen LogP) is 2.58. The van der Waals surface area contributed by atoms with E-state index in [4.69, 9.17) is 0 Å². The lowest BCUT2D eigenvalue weighted by atomic mass is 10.2. The van der Waals surface area contributed by atoms with Crippen LogP contribution in [0.2, 0.25) is 0 Å². The molecule has 2 aliphatic rings. The number of nitrogens with one attached hydrogen (secondary N) is 1. The molecule has 0 aromatic carbocycles. The second-order valence-electron chi connectivity index (χ2n) is 6.35. The standard InChI is InChI=1S/C15H18N4O3S3/c1-9-4-7-12(23-9)25(21,22)19-8-2-3-11(19)13(20)16-15-18-17-14(24-15)10-5-6-10/h4,7,10-11H,2-3,5-6,8H2,1H3,(H,16,18,20). The summed E-state index contributed by atoms with van der Waals surface area (Å²) in [6.07, 6.45) is 3.43. The Kier molecular flexibility index (Phi) is 4.38. The highest BCUT2D eigenvalue weighted by atomic mass is 32.2. The molecular formula is C15H18N4O3S3. The minimum Gasteiger partial charge on any atom is -0.299 e. The van der Waals surface area contributed by atoms with Crippen molar-refractivity contribution in [3.05, 3.63) is 22.0 Å². The van der Waals surface area contributed by atoms with Crippen molar-refractivity contribution >= 4 is 43.7 Å². The van der Waals surface area contributed by atoms with E-state index in [9.17, 15) is 13.2 Å². The van der Waals surface area contributed by atoms with Gasteiger partial charge in [0.1, 0.15) is 15.3 Å². The zero-order valence-electron chi connectivity index (χ0n) is 13.6. The molecule has 0 radical (unpaired) electrons. The van der Waals surface area contributed by atoms with Gasteiger partial charge in [-0.2, -0.15) is 4.31 Å². The Hall–Kier alpha value is -1.36. The lowest BCUT2D eigenvalue weighted by molar-refractivity contribution is -0.119. The van der Waals surface area contributed by atoms with Crippen molar-refractivity contribution in [3.8, 4) is 0 Å². The SMILES string of the molecule is Cc1ccc(S(=O)(=O)N2CCCC2C(=O)Nc2nnc(C3CC3)s2)s1. The number of aryl methyl sites for hydroxylation is 1. The van der Waals surface area contributed by atoms with E-state index in [0.29, 0.717) is 30.4 Å². The van der Waals surface area contributed by atoms with Gasteiger partial charge in [0, 0.05) is 17.3 Å². The number of hydrogen-bond acceptors (Lipinski definition) is 7. The van der Waals surface area contributed by atoms with Crippen molar-refractivity contribution in [2.24, 2.45) is 0 Å². The lowest BCUT2D eigenvalue weighted by Crippen LogP contribution is -2.42. The molecule has 1 aliphatic carbocycles. The number of anilines is 1. The number of sulfonamides is 1. The van der Waals surface area contributed by atoms with Crippen LogP contribution in [0.4, 0.5) is 5.13 Å². The number of carbonyl (C=O) groups excluding carboxylic acids is 1. The van der Waals surface area contributed by atoms with E-state index in [0.717, 1.165) is 22.7 Å². The third-order valence-electron chi connectivity index (χ3n) is 4.38. The normalized spacial score (nSPS) is 21.6. The van der Waals surface area contributed by atoms with E-state index >= 15 is 0 Å². The van der Waals surface area contributed by atoms with E-state index in [2.05, 4.69) is 15.5 Å². The second kappa shape index (κ2) is 6.42. The van der Waals surface area contributed by atoms with Crippen LogP contribution < -0.4 is 5.32 Å². The molecule has 2 fully saturated rings. The van der Waals surface area contributed by atoms with Crippen LogP contribution in [0.1, 0.15) is 41.5 Å². The first-order valence-corrected chi connectivity index (χ1v) is 11.2. The van der Waals surface area contributed by atoms with Gasteiger partial charge in [-0.25, -0.2) is 8.42 Å². The summed E-state index contributed by atoms with van der Waals surface area (Å²) in [5.41, 5.74) is 0. The highest BCUT2D eigenvalue weighted by Gasteiger charge is 2.40. The first-order chi connectivity index (χ1) is 11.9. The Balaban J connectivity index is 1.51. The highest BCUT2D eigenvalue weighted by molar-refractivity contribution is 7.91. The third kappa shape index (κ3) is 3.35. The summed E-state index contributed by atoms with van der Waals surface area (Å²) in [5.74, 6) is 0.154. The number of hydrogen-bond donors (Lipinski definition) is 1. The monoisotopic (exact) mass is 398 g/mol. The average Bonchev–Trinajstić information content (AvgIpc) is 3.00. The van der Waals surface area contributed by atoms with Gasteiger partial charge in [-0.05, 0) is 44.7 Å². The molecule has 1 N–H and O–H groups in total. The van der Waals surface area contributed by atoms with Gasteiger partial charge in [-0.3, -0.25) is 10.1 Å². The number of amides is 1. The smallest absolute Gasteiger partial charge is 0.253 e. The van der Waals surface area contributed by atoms with Gasteiger partial charge in [0.2, 0.25) is 11.0 Å². The Morgan fingerprint density at radius 3 is 2.72 bits per heavy atom. The summed E-state index contributed by atoms with van der Waals surface area (Å²) < 4.78 is 27.3. The first kappa shape index (κ1) is 17.1. The molecule has 2 aromatic rings. The number of rotatable bonds is 5. The largest absolute Gasteiger partial charge is 0.299 e. The van der Waals surface area contributed by atoms with Gasteiger partial charge in [0.15, 0.2) is 0 Å². The molecule has 4 rings (SSSR count). The Bertz CT molecular complexity index is 901. The molecule has 1 saturated heterocycles. The minimum atomic E-state index is -3.64. The molecule has 134 valence electrons. The Morgan fingerprint density at radius 1 is 1.24 bits per heavy atom. The summed E-state index contributed by atoms with van der Waals surface area (Å²) in [4.78, 5) is 13.6. The molecule has 1 aliphatic heterocycles. The molecule has 3 heterocycles. The lowest BCUT2D eigenvalue weighted by Gasteiger charge is -2.22. The van der Waals surface area contributed by atoms with Crippen LogP contribution in [0.5, 0.6) is 0 Å². The zero-order valence-corrected chi connectivity index (χ0v) is 16.1. The van der Waals surface area contributed by atoms with Gasteiger partial charge in [0.25, 0.3) is 10.0 Å². The van der Waals surface area contributed by atoms with Crippen molar-refractivity contribution in [2.45, 2.75) is 48.8 Å². The van der Waals surface area contributed by atoms with Crippen LogP contribution in [0.15, 0.2) is 16.3 Å². The van der Waals surface area contributed by atoms with Crippen LogP contribution in [-0.4, -0.2) is 41.4 Å². The maximum absolute atomic E-state index is 12.8. The van der Waals surface area contributed by atoms with Crippen molar-refractivity contribution in [1.82, 2.24) is 14.5 Å². The molecule has 1 unspecified atom stereocenters. The summed E-state index contributed by atoms with van der Waals surface area (Å²) in [7, 11) is -3.64. The van der Waals surface area contributed by atoms with Crippen molar-refractivity contribution < 1.29 is 13.2 Å². The number of carbonyl (C=O) groups is 1. The molecule has 0 spiro atoms. The van der Waals surface area contributed by atoms with Crippen LogP contribution in [-0.2, 0) is 14.8 Å². The number of thiophene rings is 1. The summed E-state index contributed by atoms with van der Waals surface area (Å²) >= 11 is 2.61. The number of nitrogens with zero attached hydrogens (tertiary/aromatic N) is 3. The van der Waals surface area contributed by atoms with Gasteiger partial charge in [0.05, 0.1) is 0 Å². The second-order valence-corrected chi connectivity index (χ2v) is 10.8. The van der Waals surface area contributed by atoms with E-state index in [1.807, 2.05) is 6.92 Å². The maximum Gasteiger partial charge on any atom is 0.253 e. The van der Waals surface area contributed by atoms with Gasteiger partial charge in [-0.15, -0.1) is 21.5 Å². The molecule has 0 bridgehead atoms. The van der Waals surface area contributed by atoms with Gasteiger partial charge < -0.3 is 0 Å². The van der Waals surface area contributed by atoms with Crippen molar-refractivity contribution in [1.29, 1.82) is 0 Å². The summed E-state index contributed by atoms with van der Waals surface area (Å²) in [5, 5.41) is 12.2. The fraction of sp³-hybridized carbons (Fsp3) is 0.533. The summed E-state index contributed by atoms with van der Waals surface area (Å²) in [6.45, 7) is 2.23. The van der Waals surface area contributed by atoms with Crippen LogP contribution in [0.25, 0.3) is 0 Å². The molecule has 1 amide bonds. The maximum atomic E-state index is 12.8. The van der Waals surface area contributed by atoms with E-state index in [-0.39, 0.29) is 10.1 Å². The first-order valence-electron chi connectivity index (χ1n) is 8.18. The average molecular weight is 399 g/mol. The van der Waals surface area contributed by atoms with Crippen LogP contribution in [0.3, 0.4) is 0 Å². The van der Waals surface area contributed by atoms with Crippen molar-refractivity contribution in [3.63, 3.8) is 0 Å². The van der Waals surface area contributed by atoms with Crippen LogP contribution >= 0.6 is 22.7 Å². The van der Waals surface area contributed by atoms with Crippen LogP contribution in [0, 0.1) is 6.92 Å². The minimum absolute atomic E-state index is 0.289. The van der Waals surface area contributed by atoms with Crippen molar-refractivity contribution in [2.75, 3.05) is 11.9 Å². The molecule has 2 aromatic heterocycles. The Labute approximate surface area is 154 Å². The predicted molar refractivity (Wildman–Crippen MR) is 96.5 cm³/mol. The molecule has 25 heavy (non-hydrogen) atoms. The van der Waals surface area contributed by atoms with E-state index in [1.165, 1.54) is 27.0 Å². The zero-order chi connectivity index (χ0) is 17.6. The molecule has 10 heteroatoms. The molecule has 1 saturated carbocycles. The highest BCUT2D eigenvalue weighted by Crippen LogP contribution is 2.42. The topological polar surface area (TPSA) is 92.3 Å². The van der Waals surface area contributed by atoms with Gasteiger partial charge >= 0.3 is 0 Å². The fourth-order valence-corrected chi connectivity index (χ4v) is 6.91. The third-order valence-corrected chi connectivity index (χ3v) is 8.76. The van der Waals surface area contributed by atoms with Gasteiger partial charge in [-0.1, -0.05) is 11.3 Å². The molecular weight excluding hydrogens is 380 g/mol. The molecule has 1 atom stereocenters. The fourth-order valence-electron chi connectivity index (χ4n) is 2.93. The molecule has 7 nitrogen and oxygen atoms in total.